The van der Waals surface area contributed by atoms with E-state index in [1.807, 2.05) is 36.5 Å². The van der Waals surface area contributed by atoms with Gasteiger partial charge in [0, 0.05) is 20.3 Å². The summed E-state index contributed by atoms with van der Waals surface area (Å²) in [4.78, 5) is 25.7. The summed E-state index contributed by atoms with van der Waals surface area (Å²) in [5, 5.41) is 7.54. The first kappa shape index (κ1) is 18.0. The van der Waals surface area contributed by atoms with Gasteiger partial charge in [-0.1, -0.05) is 18.2 Å². The third kappa shape index (κ3) is 4.41. The molecule has 1 aromatic heterocycles. The number of nitrogens with one attached hydrogen (secondary N) is 1. The second-order valence-corrected chi connectivity index (χ2v) is 6.64. The van der Waals surface area contributed by atoms with E-state index in [1.165, 1.54) is 0 Å². The number of rotatable bonds is 6. The van der Waals surface area contributed by atoms with Crippen LogP contribution in [-0.4, -0.2) is 47.2 Å². The van der Waals surface area contributed by atoms with Gasteiger partial charge in [0.2, 0.25) is 5.91 Å². The molecule has 0 aliphatic heterocycles. The van der Waals surface area contributed by atoms with Crippen LogP contribution in [0.5, 0.6) is 5.75 Å². The van der Waals surface area contributed by atoms with Crippen molar-refractivity contribution in [2.45, 2.75) is 31.8 Å². The van der Waals surface area contributed by atoms with E-state index >= 15 is 0 Å². The molecule has 0 saturated heterocycles. The number of hydrogen-bond acceptors (Lipinski definition) is 4. The third-order valence-corrected chi connectivity index (χ3v) is 4.38. The molecule has 1 aromatic carbocycles. The van der Waals surface area contributed by atoms with Gasteiger partial charge in [0.05, 0.1) is 11.7 Å². The number of hydrogen-bond donors (Lipinski definition) is 1. The lowest BCUT2D eigenvalue weighted by Crippen LogP contribution is -2.34. The van der Waals surface area contributed by atoms with Crippen LogP contribution in [0.3, 0.4) is 0 Å². The van der Waals surface area contributed by atoms with Crippen LogP contribution in [0.15, 0.2) is 36.5 Å². The highest BCUT2D eigenvalue weighted by Gasteiger charge is 2.26. The monoisotopic (exact) mass is 356 g/mol. The molecular weight excluding hydrogens is 332 g/mol. The number of carbonyl (C=O) groups is 2. The van der Waals surface area contributed by atoms with Gasteiger partial charge >= 0.3 is 0 Å². The molecule has 1 aliphatic rings. The summed E-state index contributed by atoms with van der Waals surface area (Å²) in [5.74, 6) is 0.478. The van der Waals surface area contributed by atoms with Gasteiger partial charge in [-0.3, -0.25) is 14.3 Å². The van der Waals surface area contributed by atoms with Crippen molar-refractivity contribution in [2.75, 3.05) is 20.7 Å². The molecule has 1 atom stereocenters. The summed E-state index contributed by atoms with van der Waals surface area (Å²) in [6.07, 6.45) is 4.64. The van der Waals surface area contributed by atoms with Crippen LogP contribution in [0, 0.1) is 0 Å². The maximum atomic E-state index is 12.2. The van der Waals surface area contributed by atoms with Gasteiger partial charge in [0.25, 0.3) is 5.91 Å². The number of aromatic nitrogens is 2. The number of fused-ring (bicyclic) bond motifs is 1. The molecule has 3 rings (SSSR count). The van der Waals surface area contributed by atoms with Crippen LogP contribution in [0.25, 0.3) is 0 Å². The maximum Gasteiger partial charge on any atom is 0.258 e. The Balaban J connectivity index is 1.61. The Morgan fingerprint density at radius 3 is 2.81 bits per heavy atom. The van der Waals surface area contributed by atoms with E-state index in [0.29, 0.717) is 5.75 Å². The van der Waals surface area contributed by atoms with Crippen molar-refractivity contribution in [1.82, 2.24) is 20.0 Å². The van der Waals surface area contributed by atoms with Crippen LogP contribution >= 0.6 is 0 Å². The highest BCUT2D eigenvalue weighted by atomic mass is 16.5. The highest BCUT2D eigenvalue weighted by molar-refractivity contribution is 5.78. The minimum absolute atomic E-state index is 0.0123. The fraction of sp³-hybridized carbons (Fsp3) is 0.421. The topological polar surface area (TPSA) is 76.5 Å². The van der Waals surface area contributed by atoms with Crippen LogP contribution in [-0.2, 0) is 22.6 Å². The average molecular weight is 356 g/mol. The molecule has 0 saturated carbocycles. The molecule has 1 aliphatic carbocycles. The largest absolute Gasteiger partial charge is 0.484 e. The van der Waals surface area contributed by atoms with Gasteiger partial charge in [-0.15, -0.1) is 0 Å². The van der Waals surface area contributed by atoms with Crippen molar-refractivity contribution >= 4 is 11.8 Å². The van der Waals surface area contributed by atoms with Crippen molar-refractivity contribution in [1.29, 1.82) is 0 Å². The van der Waals surface area contributed by atoms with E-state index in [0.717, 1.165) is 30.5 Å². The van der Waals surface area contributed by atoms with Gasteiger partial charge < -0.3 is 15.0 Å². The van der Waals surface area contributed by atoms with Crippen molar-refractivity contribution in [2.24, 2.45) is 0 Å². The molecule has 0 fully saturated rings. The predicted octanol–water partition coefficient (Wildman–Crippen LogP) is 1.54. The molecule has 0 spiro atoms. The minimum Gasteiger partial charge on any atom is -0.484 e. The number of carbonyl (C=O) groups excluding carboxylic acids is 2. The maximum absolute atomic E-state index is 12.2. The van der Waals surface area contributed by atoms with E-state index in [4.69, 9.17) is 4.74 Å². The molecule has 26 heavy (non-hydrogen) atoms. The number of ether oxygens (including phenoxy) is 1. The first-order valence-corrected chi connectivity index (χ1v) is 8.76. The molecule has 1 heterocycles. The summed E-state index contributed by atoms with van der Waals surface area (Å²) >= 11 is 0. The summed E-state index contributed by atoms with van der Waals surface area (Å²) in [6, 6.07) is 9.12. The lowest BCUT2D eigenvalue weighted by atomic mass is 9.94. The van der Waals surface area contributed by atoms with Crippen LogP contribution < -0.4 is 10.1 Å². The van der Waals surface area contributed by atoms with Gasteiger partial charge in [0.1, 0.15) is 12.3 Å². The van der Waals surface area contributed by atoms with Gasteiger partial charge in [-0.05, 0) is 37.0 Å². The zero-order valence-electron chi connectivity index (χ0n) is 15.1. The second kappa shape index (κ2) is 8.03. The zero-order chi connectivity index (χ0) is 18.5. The standard InChI is InChI=1S/C19H24N4O3/c1-22(2)18(25)12-23-11-14-7-6-10-16(19(14)21-23)20-17(24)13-26-15-8-4-3-5-9-15/h3-5,8-9,11,16H,6-7,10,12-13H2,1-2H3,(H,20,24)/t16-/m1/s1. The van der Waals surface area contributed by atoms with E-state index in [2.05, 4.69) is 10.4 Å². The fourth-order valence-corrected chi connectivity index (χ4v) is 3.00. The van der Waals surface area contributed by atoms with Crippen molar-refractivity contribution in [3.63, 3.8) is 0 Å². The first-order valence-electron chi connectivity index (χ1n) is 8.76. The van der Waals surface area contributed by atoms with E-state index in [9.17, 15) is 9.59 Å². The Morgan fingerprint density at radius 2 is 2.08 bits per heavy atom. The Morgan fingerprint density at radius 1 is 1.31 bits per heavy atom. The SMILES string of the molecule is CN(C)C(=O)Cn1cc2c(n1)[C@H](NC(=O)COc1ccccc1)CCC2. The first-order chi connectivity index (χ1) is 12.5. The van der Waals surface area contributed by atoms with E-state index < -0.39 is 0 Å². The molecule has 1 N–H and O–H groups in total. The summed E-state index contributed by atoms with van der Waals surface area (Å²) in [6.45, 7) is 0.174. The molecule has 7 nitrogen and oxygen atoms in total. The van der Waals surface area contributed by atoms with Crippen LogP contribution in [0.1, 0.15) is 30.1 Å². The second-order valence-electron chi connectivity index (χ2n) is 6.64. The molecule has 2 aromatic rings. The summed E-state index contributed by atoms with van der Waals surface area (Å²) in [5.41, 5.74) is 1.95. The summed E-state index contributed by atoms with van der Waals surface area (Å²) < 4.78 is 7.16. The smallest absolute Gasteiger partial charge is 0.258 e. The lowest BCUT2D eigenvalue weighted by molar-refractivity contribution is -0.129. The molecule has 7 heteroatoms. The lowest BCUT2D eigenvalue weighted by Gasteiger charge is -2.22. The number of para-hydroxylation sites is 1. The summed E-state index contributed by atoms with van der Waals surface area (Å²) in [7, 11) is 3.45. The van der Waals surface area contributed by atoms with Crippen molar-refractivity contribution in [3.05, 3.63) is 47.8 Å². The third-order valence-electron chi connectivity index (χ3n) is 4.38. The number of nitrogens with zero attached hydrogens (tertiary/aromatic N) is 3. The molecule has 138 valence electrons. The van der Waals surface area contributed by atoms with Crippen molar-refractivity contribution < 1.29 is 14.3 Å². The van der Waals surface area contributed by atoms with Crippen LogP contribution in [0.4, 0.5) is 0 Å². The van der Waals surface area contributed by atoms with Crippen LogP contribution in [0.2, 0.25) is 0 Å². The van der Waals surface area contributed by atoms with Gasteiger partial charge in [-0.25, -0.2) is 0 Å². The number of amides is 2. The molecular formula is C19H24N4O3. The quantitative estimate of drug-likeness (QED) is 0.852. The highest BCUT2D eigenvalue weighted by Crippen LogP contribution is 2.28. The Labute approximate surface area is 152 Å². The predicted molar refractivity (Wildman–Crippen MR) is 96.7 cm³/mol. The van der Waals surface area contributed by atoms with Crippen molar-refractivity contribution in [3.8, 4) is 5.75 Å². The Hall–Kier alpha value is -2.83. The molecule has 2 amide bonds. The number of likely N-dealkylation sites (N-methyl/N-ethyl adjacent to an activating group) is 1. The molecule has 0 radical (unpaired) electrons. The average Bonchev–Trinajstić information content (AvgIpc) is 3.04. The Kier molecular flexibility index (Phi) is 5.55. The van der Waals surface area contributed by atoms with E-state index in [-0.39, 0.29) is 31.0 Å². The fourth-order valence-electron chi connectivity index (χ4n) is 3.00. The van der Waals surface area contributed by atoms with Gasteiger partial charge in [-0.2, -0.15) is 5.10 Å². The number of benzene rings is 1. The molecule has 0 unspecified atom stereocenters. The normalized spacial score (nSPS) is 15.8. The molecule has 0 bridgehead atoms. The minimum atomic E-state index is -0.175. The van der Waals surface area contributed by atoms with Gasteiger partial charge in [0.15, 0.2) is 6.61 Å². The van der Waals surface area contributed by atoms with E-state index in [1.54, 1.807) is 23.7 Å². The number of aryl methyl sites for hydroxylation is 1. The zero-order valence-corrected chi connectivity index (χ0v) is 15.1. The Bertz CT molecular complexity index is 770.